The largest absolute Gasteiger partial charge is 0.464 e. The van der Waals surface area contributed by atoms with Crippen LogP contribution in [0.3, 0.4) is 0 Å². The first-order chi connectivity index (χ1) is 7.77. The first kappa shape index (κ1) is 11.1. The Kier molecular flexibility index (Phi) is 3.21. The van der Waals surface area contributed by atoms with Crippen molar-refractivity contribution in [1.29, 1.82) is 0 Å². The van der Waals surface area contributed by atoms with Gasteiger partial charge in [0, 0.05) is 12.1 Å². The molecule has 0 bridgehead atoms. The van der Waals surface area contributed by atoms with E-state index in [1.54, 1.807) is 0 Å². The van der Waals surface area contributed by atoms with Gasteiger partial charge in [-0.1, -0.05) is 0 Å². The monoisotopic (exact) mass is 225 g/mol. The third-order valence-electron chi connectivity index (χ3n) is 2.67. The fourth-order valence-electron chi connectivity index (χ4n) is 1.96. The topological polar surface area (TPSA) is 76.4 Å². The van der Waals surface area contributed by atoms with Crippen LogP contribution in [-0.2, 0) is 24.2 Å². The number of carbonyl (C=O) groups is 1. The smallest absolute Gasteiger partial charge is 0.356 e. The summed E-state index contributed by atoms with van der Waals surface area (Å²) in [6.07, 6.45) is 0.769. The molecule has 2 rings (SSSR count). The molecule has 0 saturated heterocycles. The van der Waals surface area contributed by atoms with E-state index in [1.807, 2.05) is 0 Å². The summed E-state index contributed by atoms with van der Waals surface area (Å²) >= 11 is 0. The molecule has 0 unspecified atom stereocenters. The molecule has 0 radical (unpaired) electrons. The molecule has 6 heteroatoms. The molecule has 2 N–H and O–H groups in total. The summed E-state index contributed by atoms with van der Waals surface area (Å²) < 4.78 is 6.28. The van der Waals surface area contributed by atoms with Gasteiger partial charge in [-0.15, -0.1) is 0 Å². The third kappa shape index (κ3) is 1.81. The number of aliphatic hydroxyl groups excluding tert-OH is 1. The molecule has 0 atom stereocenters. The molecule has 1 aliphatic heterocycles. The lowest BCUT2D eigenvalue weighted by Gasteiger charge is -2.11. The lowest BCUT2D eigenvalue weighted by molar-refractivity contribution is 0.0583. The van der Waals surface area contributed by atoms with Gasteiger partial charge in [-0.25, -0.2) is 4.79 Å². The molecule has 88 valence electrons. The van der Waals surface area contributed by atoms with Crippen LogP contribution in [-0.4, -0.2) is 41.1 Å². The van der Waals surface area contributed by atoms with E-state index < -0.39 is 0 Å². The fraction of sp³-hybridized carbons (Fsp3) is 0.600. The molecule has 0 aromatic carbocycles. The van der Waals surface area contributed by atoms with Crippen LogP contribution >= 0.6 is 0 Å². The number of carbonyl (C=O) groups excluding carboxylic acids is 1. The first-order valence-electron chi connectivity index (χ1n) is 5.26. The number of fused-ring (bicyclic) bond motifs is 1. The summed E-state index contributed by atoms with van der Waals surface area (Å²) in [7, 11) is 1.35. The summed E-state index contributed by atoms with van der Waals surface area (Å²) in [5.74, 6) is -0.385. The third-order valence-corrected chi connectivity index (χ3v) is 2.67. The Morgan fingerprint density at radius 1 is 1.69 bits per heavy atom. The average molecular weight is 225 g/mol. The molecule has 1 aromatic heterocycles. The Morgan fingerprint density at radius 2 is 2.50 bits per heavy atom. The highest BCUT2D eigenvalue weighted by Gasteiger charge is 2.25. The van der Waals surface area contributed by atoms with Crippen molar-refractivity contribution in [3.63, 3.8) is 0 Å². The average Bonchev–Trinajstić information content (AvgIpc) is 2.66. The van der Waals surface area contributed by atoms with E-state index in [1.165, 1.54) is 11.8 Å². The van der Waals surface area contributed by atoms with Gasteiger partial charge in [0.2, 0.25) is 0 Å². The molecule has 0 saturated carbocycles. The van der Waals surface area contributed by atoms with Gasteiger partial charge in [-0.05, 0) is 13.0 Å². The van der Waals surface area contributed by atoms with Crippen molar-refractivity contribution in [3.8, 4) is 0 Å². The van der Waals surface area contributed by atoms with Crippen LogP contribution in [0.5, 0.6) is 0 Å². The van der Waals surface area contributed by atoms with E-state index in [0.717, 1.165) is 24.2 Å². The van der Waals surface area contributed by atoms with Gasteiger partial charge in [0.1, 0.15) is 5.69 Å². The lowest BCUT2D eigenvalue weighted by Crippen LogP contribution is -2.24. The molecule has 16 heavy (non-hydrogen) atoms. The predicted octanol–water partition coefficient (Wildman–Crippen LogP) is -0.692. The molecule has 0 amide bonds. The van der Waals surface area contributed by atoms with E-state index >= 15 is 0 Å². The van der Waals surface area contributed by atoms with Crippen LogP contribution in [0, 0.1) is 0 Å². The minimum absolute atomic E-state index is 0.0437. The number of esters is 1. The molecular weight excluding hydrogens is 210 g/mol. The second-order valence-corrected chi connectivity index (χ2v) is 3.64. The van der Waals surface area contributed by atoms with Crippen molar-refractivity contribution in [2.45, 2.75) is 19.5 Å². The maximum atomic E-state index is 11.7. The van der Waals surface area contributed by atoms with Crippen molar-refractivity contribution < 1.29 is 14.6 Å². The number of hydrogen-bond donors (Lipinski definition) is 2. The number of nitrogens with one attached hydrogen (secondary N) is 1. The standard InChI is InChI=1S/C10H15N3O3/c1-16-10(15)9-7-2-3-11-6-8(7)12-13(9)4-5-14/h11,14H,2-6H2,1H3. The number of nitrogens with zero attached hydrogens (tertiary/aromatic N) is 2. The molecule has 0 fully saturated rings. The molecular formula is C10H15N3O3. The molecule has 6 nitrogen and oxygen atoms in total. The summed E-state index contributed by atoms with van der Waals surface area (Å²) in [5, 5.41) is 16.4. The van der Waals surface area contributed by atoms with E-state index in [2.05, 4.69) is 10.4 Å². The fourth-order valence-corrected chi connectivity index (χ4v) is 1.96. The number of aliphatic hydroxyl groups is 1. The number of methoxy groups -OCH3 is 1. The van der Waals surface area contributed by atoms with Crippen molar-refractivity contribution in [2.24, 2.45) is 0 Å². The van der Waals surface area contributed by atoms with Crippen molar-refractivity contribution in [1.82, 2.24) is 15.1 Å². The van der Waals surface area contributed by atoms with E-state index in [-0.39, 0.29) is 12.6 Å². The molecule has 1 aliphatic rings. The van der Waals surface area contributed by atoms with E-state index in [0.29, 0.717) is 18.8 Å². The van der Waals surface area contributed by atoms with E-state index in [9.17, 15) is 4.79 Å². The SMILES string of the molecule is COC(=O)c1c2c(nn1CCO)CNCC2. The summed E-state index contributed by atoms with van der Waals surface area (Å²) in [6, 6.07) is 0. The summed E-state index contributed by atoms with van der Waals surface area (Å²) in [5.41, 5.74) is 2.30. The second-order valence-electron chi connectivity index (χ2n) is 3.64. The molecule has 1 aromatic rings. The number of aromatic nitrogens is 2. The maximum absolute atomic E-state index is 11.7. The van der Waals surface area contributed by atoms with Crippen molar-refractivity contribution >= 4 is 5.97 Å². The van der Waals surface area contributed by atoms with Crippen LogP contribution in [0.1, 0.15) is 21.7 Å². The zero-order chi connectivity index (χ0) is 11.5. The van der Waals surface area contributed by atoms with Gasteiger partial charge in [0.15, 0.2) is 0 Å². The van der Waals surface area contributed by atoms with E-state index in [4.69, 9.17) is 9.84 Å². The van der Waals surface area contributed by atoms with Crippen LogP contribution < -0.4 is 5.32 Å². The van der Waals surface area contributed by atoms with Crippen LogP contribution in [0.2, 0.25) is 0 Å². The first-order valence-corrected chi connectivity index (χ1v) is 5.26. The number of rotatable bonds is 3. The molecule has 2 heterocycles. The number of ether oxygens (including phenoxy) is 1. The van der Waals surface area contributed by atoms with Crippen molar-refractivity contribution in [2.75, 3.05) is 20.3 Å². The predicted molar refractivity (Wildman–Crippen MR) is 56.1 cm³/mol. The van der Waals surface area contributed by atoms with Crippen molar-refractivity contribution in [3.05, 3.63) is 17.0 Å². The van der Waals surface area contributed by atoms with Gasteiger partial charge in [-0.2, -0.15) is 5.10 Å². The molecule has 0 aliphatic carbocycles. The van der Waals surface area contributed by atoms with Gasteiger partial charge in [0.25, 0.3) is 0 Å². The maximum Gasteiger partial charge on any atom is 0.356 e. The summed E-state index contributed by atoms with van der Waals surface area (Å²) in [4.78, 5) is 11.7. The zero-order valence-corrected chi connectivity index (χ0v) is 9.19. The minimum atomic E-state index is -0.385. The van der Waals surface area contributed by atoms with Gasteiger partial charge in [-0.3, -0.25) is 4.68 Å². The van der Waals surface area contributed by atoms with Gasteiger partial charge < -0.3 is 15.2 Å². The Balaban J connectivity index is 2.44. The highest BCUT2D eigenvalue weighted by atomic mass is 16.5. The highest BCUT2D eigenvalue weighted by molar-refractivity contribution is 5.89. The van der Waals surface area contributed by atoms with Crippen LogP contribution in [0.15, 0.2) is 0 Å². The lowest BCUT2D eigenvalue weighted by atomic mass is 10.1. The zero-order valence-electron chi connectivity index (χ0n) is 9.19. The normalized spacial score (nSPS) is 14.6. The Bertz CT molecular complexity index is 400. The molecule has 0 spiro atoms. The quantitative estimate of drug-likeness (QED) is 0.666. The Labute approximate surface area is 93.2 Å². The highest BCUT2D eigenvalue weighted by Crippen LogP contribution is 2.19. The Morgan fingerprint density at radius 3 is 3.19 bits per heavy atom. The van der Waals surface area contributed by atoms with Gasteiger partial charge >= 0.3 is 5.97 Å². The summed E-state index contributed by atoms with van der Waals surface area (Å²) in [6.45, 7) is 1.77. The minimum Gasteiger partial charge on any atom is -0.464 e. The van der Waals surface area contributed by atoms with Crippen LogP contribution in [0.25, 0.3) is 0 Å². The Hall–Kier alpha value is -1.40. The second kappa shape index (κ2) is 4.63. The number of hydrogen-bond acceptors (Lipinski definition) is 5. The van der Waals surface area contributed by atoms with Crippen LogP contribution in [0.4, 0.5) is 0 Å². The van der Waals surface area contributed by atoms with Gasteiger partial charge in [0.05, 0.1) is 26.0 Å².